The van der Waals surface area contributed by atoms with Crippen molar-refractivity contribution < 1.29 is 9.47 Å². The topological polar surface area (TPSA) is 43.4 Å². The van der Waals surface area contributed by atoms with Gasteiger partial charge in [-0.2, -0.15) is 4.98 Å². The molecule has 0 aliphatic rings. The van der Waals surface area contributed by atoms with Crippen molar-refractivity contribution in [1.29, 1.82) is 0 Å². The Balaban J connectivity index is 2.42. The Hall–Kier alpha value is -1.29. The van der Waals surface area contributed by atoms with Gasteiger partial charge in [-0.25, -0.2) is 0 Å². The van der Waals surface area contributed by atoms with E-state index >= 15 is 0 Å². The predicted octanol–water partition coefficient (Wildman–Crippen LogP) is 1.93. The zero-order valence-electron chi connectivity index (χ0n) is 9.32. The standard InChI is InChI=1S/C11H18N2O2/c1-3-7-12-10-5-4-6-11(13-10)15-9-8-14-2/h4-6H,3,7-9H2,1-2H3,(H,12,13). The number of ether oxygens (including phenoxy) is 2. The van der Waals surface area contributed by atoms with E-state index in [1.54, 1.807) is 7.11 Å². The molecule has 0 aliphatic carbocycles. The van der Waals surface area contributed by atoms with Crippen molar-refractivity contribution in [1.82, 2.24) is 4.98 Å². The Labute approximate surface area is 90.6 Å². The van der Waals surface area contributed by atoms with Gasteiger partial charge in [-0.1, -0.05) is 13.0 Å². The first-order valence-electron chi connectivity index (χ1n) is 5.19. The SMILES string of the molecule is CCCNc1cccc(OCCOC)n1. The van der Waals surface area contributed by atoms with Gasteiger partial charge >= 0.3 is 0 Å². The number of rotatable bonds is 7. The van der Waals surface area contributed by atoms with Gasteiger partial charge in [-0.3, -0.25) is 0 Å². The van der Waals surface area contributed by atoms with Crippen LogP contribution < -0.4 is 10.1 Å². The second-order valence-electron chi connectivity index (χ2n) is 3.13. The summed E-state index contributed by atoms with van der Waals surface area (Å²) in [5.74, 6) is 1.49. The van der Waals surface area contributed by atoms with Gasteiger partial charge in [-0.15, -0.1) is 0 Å². The molecule has 0 spiro atoms. The summed E-state index contributed by atoms with van der Waals surface area (Å²) in [5.41, 5.74) is 0. The van der Waals surface area contributed by atoms with Gasteiger partial charge in [-0.05, 0) is 12.5 Å². The molecule has 1 rings (SSSR count). The van der Waals surface area contributed by atoms with E-state index in [4.69, 9.17) is 9.47 Å². The third-order valence-electron chi connectivity index (χ3n) is 1.82. The molecule has 1 N–H and O–H groups in total. The highest BCUT2D eigenvalue weighted by atomic mass is 16.5. The van der Waals surface area contributed by atoms with Crippen molar-refractivity contribution >= 4 is 5.82 Å². The summed E-state index contributed by atoms with van der Waals surface area (Å²) >= 11 is 0. The summed E-state index contributed by atoms with van der Waals surface area (Å²) in [5, 5.41) is 3.20. The van der Waals surface area contributed by atoms with E-state index in [2.05, 4.69) is 17.2 Å². The van der Waals surface area contributed by atoms with Crippen LogP contribution in [0.2, 0.25) is 0 Å². The normalized spacial score (nSPS) is 10.0. The molecule has 0 saturated carbocycles. The molecular weight excluding hydrogens is 192 g/mol. The third-order valence-corrected chi connectivity index (χ3v) is 1.82. The van der Waals surface area contributed by atoms with Crippen molar-refractivity contribution in [3.63, 3.8) is 0 Å². The maximum Gasteiger partial charge on any atom is 0.215 e. The largest absolute Gasteiger partial charge is 0.475 e. The maximum atomic E-state index is 5.39. The minimum absolute atomic E-state index is 0.529. The van der Waals surface area contributed by atoms with Gasteiger partial charge < -0.3 is 14.8 Å². The summed E-state index contributed by atoms with van der Waals surface area (Å²) in [6.07, 6.45) is 1.08. The fourth-order valence-corrected chi connectivity index (χ4v) is 1.08. The predicted molar refractivity (Wildman–Crippen MR) is 60.4 cm³/mol. The highest BCUT2D eigenvalue weighted by Crippen LogP contribution is 2.11. The summed E-state index contributed by atoms with van der Waals surface area (Å²) in [6, 6.07) is 5.69. The van der Waals surface area contributed by atoms with Crippen LogP contribution in [0.3, 0.4) is 0 Å². The molecule has 0 unspecified atom stereocenters. The van der Waals surface area contributed by atoms with Crippen LogP contribution in [0.1, 0.15) is 13.3 Å². The van der Waals surface area contributed by atoms with Gasteiger partial charge in [0, 0.05) is 19.7 Å². The van der Waals surface area contributed by atoms with Crippen molar-refractivity contribution in [3.05, 3.63) is 18.2 Å². The van der Waals surface area contributed by atoms with Gasteiger partial charge in [0.2, 0.25) is 5.88 Å². The number of anilines is 1. The van der Waals surface area contributed by atoms with Gasteiger partial charge in [0.15, 0.2) is 0 Å². The number of hydrogen-bond acceptors (Lipinski definition) is 4. The number of pyridine rings is 1. The lowest BCUT2D eigenvalue weighted by atomic mass is 10.4. The van der Waals surface area contributed by atoms with E-state index in [1.165, 1.54) is 0 Å². The van der Waals surface area contributed by atoms with Crippen LogP contribution in [-0.4, -0.2) is 31.9 Å². The molecule has 0 saturated heterocycles. The molecule has 1 heterocycles. The summed E-state index contributed by atoms with van der Waals surface area (Å²) in [4.78, 5) is 4.29. The molecule has 1 aromatic heterocycles. The molecule has 0 radical (unpaired) electrons. The molecule has 4 heteroatoms. The van der Waals surface area contributed by atoms with Gasteiger partial charge in [0.1, 0.15) is 12.4 Å². The molecule has 0 amide bonds. The van der Waals surface area contributed by atoms with Crippen molar-refractivity contribution in [3.8, 4) is 5.88 Å². The fraction of sp³-hybridized carbons (Fsp3) is 0.545. The minimum atomic E-state index is 0.529. The second-order valence-corrected chi connectivity index (χ2v) is 3.13. The second kappa shape index (κ2) is 7.06. The van der Waals surface area contributed by atoms with E-state index in [-0.39, 0.29) is 0 Å². The molecule has 0 atom stereocenters. The number of methoxy groups -OCH3 is 1. The third kappa shape index (κ3) is 4.65. The first-order valence-corrected chi connectivity index (χ1v) is 5.19. The van der Waals surface area contributed by atoms with E-state index < -0.39 is 0 Å². The monoisotopic (exact) mass is 210 g/mol. The highest BCUT2D eigenvalue weighted by molar-refractivity contribution is 5.36. The van der Waals surface area contributed by atoms with Crippen molar-refractivity contribution in [2.24, 2.45) is 0 Å². The molecule has 15 heavy (non-hydrogen) atoms. The Morgan fingerprint density at radius 2 is 2.20 bits per heavy atom. The quantitative estimate of drug-likeness (QED) is 0.698. The average molecular weight is 210 g/mol. The Morgan fingerprint density at radius 3 is 2.93 bits per heavy atom. The Morgan fingerprint density at radius 1 is 1.33 bits per heavy atom. The van der Waals surface area contributed by atoms with Crippen LogP contribution in [0, 0.1) is 0 Å². The summed E-state index contributed by atoms with van der Waals surface area (Å²) in [7, 11) is 1.65. The number of nitrogens with one attached hydrogen (secondary N) is 1. The minimum Gasteiger partial charge on any atom is -0.475 e. The smallest absolute Gasteiger partial charge is 0.215 e. The number of nitrogens with zero attached hydrogens (tertiary/aromatic N) is 1. The van der Waals surface area contributed by atoms with E-state index in [0.717, 1.165) is 18.8 Å². The zero-order valence-corrected chi connectivity index (χ0v) is 9.32. The van der Waals surface area contributed by atoms with Crippen LogP contribution in [-0.2, 0) is 4.74 Å². The molecule has 84 valence electrons. The van der Waals surface area contributed by atoms with Crippen LogP contribution >= 0.6 is 0 Å². The Bertz CT molecular complexity index is 279. The molecule has 0 bridgehead atoms. The number of hydrogen-bond donors (Lipinski definition) is 1. The lowest BCUT2D eigenvalue weighted by molar-refractivity contribution is 0.144. The first kappa shape index (κ1) is 11.8. The van der Waals surface area contributed by atoms with E-state index in [9.17, 15) is 0 Å². The summed E-state index contributed by atoms with van der Waals surface area (Å²) < 4.78 is 10.3. The molecule has 0 fully saturated rings. The highest BCUT2D eigenvalue weighted by Gasteiger charge is 1.97. The summed E-state index contributed by atoms with van der Waals surface area (Å²) in [6.45, 7) is 4.15. The van der Waals surface area contributed by atoms with Crippen LogP contribution in [0.25, 0.3) is 0 Å². The van der Waals surface area contributed by atoms with Crippen LogP contribution in [0.5, 0.6) is 5.88 Å². The molecular formula is C11H18N2O2. The van der Waals surface area contributed by atoms with E-state index in [1.807, 2.05) is 18.2 Å². The fourth-order valence-electron chi connectivity index (χ4n) is 1.08. The molecule has 0 aromatic carbocycles. The van der Waals surface area contributed by atoms with E-state index in [0.29, 0.717) is 19.1 Å². The first-order chi connectivity index (χ1) is 7.36. The van der Waals surface area contributed by atoms with Crippen LogP contribution in [0.4, 0.5) is 5.82 Å². The molecule has 4 nitrogen and oxygen atoms in total. The average Bonchev–Trinajstić information content (AvgIpc) is 2.27. The zero-order chi connectivity index (χ0) is 10.9. The van der Waals surface area contributed by atoms with Crippen LogP contribution in [0.15, 0.2) is 18.2 Å². The van der Waals surface area contributed by atoms with Gasteiger partial charge in [0.25, 0.3) is 0 Å². The maximum absolute atomic E-state index is 5.39. The lowest BCUT2D eigenvalue weighted by Gasteiger charge is -2.07. The van der Waals surface area contributed by atoms with Crippen molar-refractivity contribution in [2.75, 3.05) is 32.2 Å². The molecule has 1 aromatic rings. The number of aromatic nitrogens is 1. The van der Waals surface area contributed by atoms with Gasteiger partial charge in [0.05, 0.1) is 6.61 Å². The lowest BCUT2D eigenvalue weighted by Crippen LogP contribution is -2.07. The molecule has 0 aliphatic heterocycles. The Kier molecular flexibility index (Phi) is 5.55. The van der Waals surface area contributed by atoms with Crippen molar-refractivity contribution in [2.45, 2.75) is 13.3 Å².